The topological polar surface area (TPSA) is 70.8 Å². The van der Waals surface area contributed by atoms with E-state index in [0.29, 0.717) is 0 Å². The van der Waals surface area contributed by atoms with Crippen LogP contribution in [0, 0.1) is 0 Å². The Morgan fingerprint density at radius 3 is 2.47 bits per heavy atom. The van der Waals surface area contributed by atoms with Crippen molar-refractivity contribution in [3.05, 3.63) is 59.7 Å². The zero-order chi connectivity index (χ0) is 21.9. The molecule has 1 aliphatic rings. The maximum Gasteiger partial charge on any atom is 0.241 e. The molecule has 2 aromatic carbocycles. The molecule has 0 aromatic heterocycles. The van der Waals surface area contributed by atoms with Gasteiger partial charge in [-0.3, -0.25) is 15.1 Å². The highest BCUT2D eigenvalue weighted by molar-refractivity contribution is 5.83. The number of rotatable bonds is 5. The number of nitrogens with two attached hydrogens (primary N) is 1. The second-order valence-corrected chi connectivity index (χ2v) is 8.92. The van der Waals surface area contributed by atoms with Crippen molar-refractivity contribution in [2.45, 2.75) is 45.2 Å². The van der Waals surface area contributed by atoms with Gasteiger partial charge in [-0.15, -0.1) is 0 Å². The molecule has 30 heavy (non-hydrogen) atoms. The van der Waals surface area contributed by atoms with E-state index in [2.05, 4.69) is 60.3 Å². The summed E-state index contributed by atoms with van der Waals surface area (Å²) in [7, 11) is 1.69. The molecule has 0 radical (unpaired) electrons. The van der Waals surface area contributed by atoms with Crippen LogP contribution in [0.2, 0.25) is 0 Å². The number of hydrogen-bond donors (Lipinski definition) is 2. The SMILES string of the molecule is COc1ccc(C2CN(C(C)(C)C)CCN2c2cccc(C(C)C(=O)NN)c2)cc1. The first kappa shape index (κ1) is 22.1. The lowest BCUT2D eigenvalue weighted by Crippen LogP contribution is -2.54. The molecule has 3 N–H and O–H groups in total. The molecule has 0 spiro atoms. The summed E-state index contributed by atoms with van der Waals surface area (Å²) >= 11 is 0. The van der Waals surface area contributed by atoms with Gasteiger partial charge in [0.25, 0.3) is 0 Å². The van der Waals surface area contributed by atoms with E-state index in [1.54, 1.807) is 7.11 Å². The van der Waals surface area contributed by atoms with Crippen LogP contribution in [0.15, 0.2) is 48.5 Å². The lowest BCUT2D eigenvalue weighted by atomic mass is 9.95. The summed E-state index contributed by atoms with van der Waals surface area (Å²) in [6.07, 6.45) is 0. The third-order valence-corrected chi connectivity index (χ3v) is 6.07. The van der Waals surface area contributed by atoms with Crippen LogP contribution in [0.5, 0.6) is 5.75 Å². The van der Waals surface area contributed by atoms with Crippen LogP contribution in [0.25, 0.3) is 0 Å². The first-order valence-electron chi connectivity index (χ1n) is 10.5. The van der Waals surface area contributed by atoms with Gasteiger partial charge in [-0.05, 0) is 63.1 Å². The number of anilines is 1. The van der Waals surface area contributed by atoms with E-state index in [4.69, 9.17) is 10.6 Å². The Balaban J connectivity index is 1.95. The van der Waals surface area contributed by atoms with Gasteiger partial charge < -0.3 is 9.64 Å². The minimum Gasteiger partial charge on any atom is -0.497 e. The van der Waals surface area contributed by atoms with Crippen molar-refractivity contribution in [1.29, 1.82) is 0 Å². The van der Waals surface area contributed by atoms with Crippen LogP contribution < -0.4 is 20.9 Å². The van der Waals surface area contributed by atoms with Crippen LogP contribution in [-0.4, -0.2) is 43.1 Å². The molecule has 0 saturated carbocycles. The number of amides is 1. The highest BCUT2D eigenvalue weighted by Crippen LogP contribution is 2.35. The van der Waals surface area contributed by atoms with E-state index in [0.717, 1.165) is 36.6 Å². The van der Waals surface area contributed by atoms with Gasteiger partial charge in [-0.1, -0.05) is 24.3 Å². The Kier molecular flexibility index (Phi) is 6.68. The van der Waals surface area contributed by atoms with Crippen LogP contribution in [0.3, 0.4) is 0 Å². The van der Waals surface area contributed by atoms with E-state index >= 15 is 0 Å². The zero-order valence-corrected chi connectivity index (χ0v) is 18.7. The monoisotopic (exact) mass is 410 g/mol. The average molecular weight is 411 g/mol. The van der Waals surface area contributed by atoms with Crippen molar-refractivity contribution in [3.63, 3.8) is 0 Å². The number of carbonyl (C=O) groups is 1. The van der Waals surface area contributed by atoms with Gasteiger partial charge in [-0.2, -0.15) is 0 Å². The zero-order valence-electron chi connectivity index (χ0n) is 18.7. The molecule has 6 nitrogen and oxygen atoms in total. The standard InChI is InChI=1S/C24H34N4O2/c1-17(23(29)26-25)19-7-6-8-20(15-19)28-14-13-27(24(2,3)4)16-22(28)18-9-11-21(30-5)12-10-18/h6-12,15,17,22H,13-14,16,25H2,1-5H3,(H,26,29). The Morgan fingerprint density at radius 1 is 1.17 bits per heavy atom. The van der Waals surface area contributed by atoms with Crippen molar-refractivity contribution in [3.8, 4) is 5.75 Å². The van der Waals surface area contributed by atoms with Gasteiger partial charge in [-0.25, -0.2) is 5.84 Å². The van der Waals surface area contributed by atoms with Crippen molar-refractivity contribution in [2.75, 3.05) is 31.6 Å². The highest BCUT2D eigenvalue weighted by atomic mass is 16.5. The summed E-state index contributed by atoms with van der Waals surface area (Å²) in [6, 6.07) is 16.8. The normalized spacial score (nSPS) is 18.7. The molecule has 162 valence electrons. The van der Waals surface area contributed by atoms with Crippen molar-refractivity contribution < 1.29 is 9.53 Å². The van der Waals surface area contributed by atoms with Crippen molar-refractivity contribution in [2.24, 2.45) is 5.84 Å². The molecule has 0 bridgehead atoms. The third kappa shape index (κ3) is 4.77. The van der Waals surface area contributed by atoms with Crippen molar-refractivity contribution >= 4 is 11.6 Å². The third-order valence-electron chi connectivity index (χ3n) is 6.07. The summed E-state index contributed by atoms with van der Waals surface area (Å²) < 4.78 is 5.35. The van der Waals surface area contributed by atoms with Gasteiger partial charge in [0.05, 0.1) is 19.1 Å². The van der Waals surface area contributed by atoms with Gasteiger partial charge in [0.2, 0.25) is 5.91 Å². The van der Waals surface area contributed by atoms with E-state index in [-0.39, 0.29) is 23.4 Å². The molecular weight excluding hydrogens is 376 g/mol. The minimum atomic E-state index is -0.301. The van der Waals surface area contributed by atoms with Gasteiger partial charge in [0.15, 0.2) is 0 Å². The number of methoxy groups -OCH3 is 1. The number of carbonyl (C=O) groups excluding carboxylic acids is 1. The summed E-state index contributed by atoms with van der Waals surface area (Å²) in [5.74, 6) is 5.72. The average Bonchev–Trinajstić information content (AvgIpc) is 2.77. The van der Waals surface area contributed by atoms with Gasteiger partial charge in [0, 0.05) is 30.9 Å². The van der Waals surface area contributed by atoms with Crippen LogP contribution in [0.1, 0.15) is 50.8 Å². The van der Waals surface area contributed by atoms with Crippen LogP contribution in [0.4, 0.5) is 5.69 Å². The smallest absolute Gasteiger partial charge is 0.241 e. The second-order valence-electron chi connectivity index (χ2n) is 8.92. The predicted molar refractivity (Wildman–Crippen MR) is 122 cm³/mol. The van der Waals surface area contributed by atoms with E-state index in [9.17, 15) is 4.79 Å². The first-order chi connectivity index (χ1) is 14.2. The largest absolute Gasteiger partial charge is 0.497 e. The summed E-state index contributed by atoms with van der Waals surface area (Å²) in [5, 5.41) is 0. The molecule has 0 aliphatic carbocycles. The molecule has 2 atom stereocenters. The maximum absolute atomic E-state index is 12.0. The maximum atomic E-state index is 12.0. The Hall–Kier alpha value is -2.57. The van der Waals surface area contributed by atoms with Crippen LogP contribution >= 0.6 is 0 Å². The van der Waals surface area contributed by atoms with Gasteiger partial charge in [0.1, 0.15) is 5.75 Å². The molecule has 3 rings (SSSR count). The Morgan fingerprint density at radius 2 is 1.87 bits per heavy atom. The minimum absolute atomic E-state index is 0.104. The molecule has 1 heterocycles. The van der Waals surface area contributed by atoms with Gasteiger partial charge >= 0.3 is 0 Å². The number of piperazine rings is 1. The van der Waals surface area contributed by atoms with E-state index in [1.165, 1.54) is 5.56 Å². The molecule has 2 aromatic rings. The number of ether oxygens (including phenoxy) is 1. The molecule has 6 heteroatoms. The highest BCUT2D eigenvalue weighted by Gasteiger charge is 2.33. The fraction of sp³-hybridized carbons (Fsp3) is 0.458. The Bertz CT molecular complexity index is 860. The lowest BCUT2D eigenvalue weighted by molar-refractivity contribution is -0.122. The van der Waals surface area contributed by atoms with Crippen LogP contribution in [-0.2, 0) is 4.79 Å². The summed E-state index contributed by atoms with van der Waals surface area (Å²) in [6.45, 7) is 11.5. The fourth-order valence-electron chi connectivity index (χ4n) is 4.06. The number of nitrogens with zero attached hydrogens (tertiary/aromatic N) is 2. The molecule has 1 amide bonds. The molecule has 1 fully saturated rings. The quantitative estimate of drug-likeness (QED) is 0.449. The van der Waals surface area contributed by atoms with E-state index in [1.807, 2.05) is 31.2 Å². The first-order valence-corrected chi connectivity index (χ1v) is 10.5. The number of hydrogen-bond acceptors (Lipinski definition) is 5. The fourth-order valence-corrected chi connectivity index (χ4v) is 4.06. The molecule has 1 saturated heterocycles. The number of benzene rings is 2. The van der Waals surface area contributed by atoms with Crippen molar-refractivity contribution in [1.82, 2.24) is 10.3 Å². The summed E-state index contributed by atoms with van der Waals surface area (Å²) in [5.41, 5.74) is 5.70. The lowest BCUT2D eigenvalue weighted by Gasteiger charge is -2.48. The number of hydrazine groups is 1. The predicted octanol–water partition coefficient (Wildman–Crippen LogP) is 3.45. The number of nitrogens with one attached hydrogen (secondary N) is 1. The molecule has 1 aliphatic heterocycles. The second kappa shape index (κ2) is 9.06. The molecule has 2 unspecified atom stereocenters. The van der Waals surface area contributed by atoms with E-state index < -0.39 is 0 Å². The molecular formula is C24H34N4O2. The summed E-state index contributed by atoms with van der Waals surface area (Å²) in [4.78, 5) is 17.0. The Labute approximate surface area is 180 Å².